The SMILES string of the molecule is CN1CCC[C@@]1(CCl)COC(=O)OC[C@]1(CCl)CCCN1C. The Labute approximate surface area is 142 Å². The van der Waals surface area contributed by atoms with Gasteiger partial charge in [-0.3, -0.25) is 9.80 Å². The van der Waals surface area contributed by atoms with E-state index in [1.54, 1.807) is 0 Å². The molecule has 2 aliphatic rings. The van der Waals surface area contributed by atoms with Gasteiger partial charge in [-0.15, -0.1) is 23.2 Å². The number of alkyl halides is 2. The molecule has 2 aliphatic heterocycles. The molecule has 7 heteroatoms. The van der Waals surface area contributed by atoms with Crippen molar-refractivity contribution < 1.29 is 14.3 Å². The lowest BCUT2D eigenvalue weighted by Crippen LogP contribution is -2.49. The van der Waals surface area contributed by atoms with Crippen LogP contribution in [0.2, 0.25) is 0 Å². The van der Waals surface area contributed by atoms with Gasteiger partial charge in [-0.25, -0.2) is 4.79 Å². The topological polar surface area (TPSA) is 42.0 Å². The summed E-state index contributed by atoms with van der Waals surface area (Å²) in [6.07, 6.45) is 3.39. The smallest absolute Gasteiger partial charge is 0.432 e. The molecule has 5 nitrogen and oxygen atoms in total. The van der Waals surface area contributed by atoms with E-state index in [1.165, 1.54) is 0 Å². The second-order valence-electron chi connectivity index (χ2n) is 6.59. The molecule has 2 heterocycles. The third-order valence-corrected chi connectivity index (χ3v) is 6.30. The van der Waals surface area contributed by atoms with Crippen LogP contribution in [0.4, 0.5) is 4.79 Å². The van der Waals surface area contributed by atoms with E-state index < -0.39 is 6.16 Å². The minimum Gasteiger partial charge on any atom is -0.432 e. The lowest BCUT2D eigenvalue weighted by molar-refractivity contribution is -0.00275. The average molecular weight is 353 g/mol. The van der Waals surface area contributed by atoms with Crippen LogP contribution in [0.15, 0.2) is 0 Å². The zero-order chi connectivity index (χ0) is 16.2. The molecule has 0 radical (unpaired) electrons. The van der Waals surface area contributed by atoms with E-state index in [0.29, 0.717) is 11.8 Å². The van der Waals surface area contributed by atoms with Crippen LogP contribution in [0.1, 0.15) is 25.7 Å². The maximum absolute atomic E-state index is 11.9. The lowest BCUT2D eigenvalue weighted by Gasteiger charge is -2.35. The fourth-order valence-corrected chi connectivity index (χ4v) is 4.18. The Bertz CT molecular complexity index is 365. The Morgan fingerprint density at radius 2 is 1.36 bits per heavy atom. The van der Waals surface area contributed by atoms with E-state index in [4.69, 9.17) is 32.7 Å². The van der Waals surface area contributed by atoms with Crippen LogP contribution in [-0.4, -0.2) is 79.2 Å². The molecule has 2 saturated heterocycles. The van der Waals surface area contributed by atoms with Crippen molar-refractivity contribution in [2.24, 2.45) is 0 Å². The highest BCUT2D eigenvalue weighted by molar-refractivity contribution is 6.19. The first-order chi connectivity index (χ1) is 10.5. The predicted octanol–water partition coefficient (Wildman–Crippen LogP) is 2.55. The van der Waals surface area contributed by atoms with Gasteiger partial charge >= 0.3 is 6.16 Å². The van der Waals surface area contributed by atoms with Crippen molar-refractivity contribution in [1.82, 2.24) is 9.80 Å². The number of rotatable bonds is 6. The van der Waals surface area contributed by atoms with Crippen molar-refractivity contribution in [1.29, 1.82) is 0 Å². The zero-order valence-electron chi connectivity index (χ0n) is 13.4. The molecule has 2 rings (SSSR count). The fraction of sp³-hybridized carbons (Fsp3) is 0.933. The summed E-state index contributed by atoms with van der Waals surface area (Å²) in [5, 5.41) is 0. The van der Waals surface area contributed by atoms with Gasteiger partial charge in [0.25, 0.3) is 0 Å². The summed E-state index contributed by atoms with van der Waals surface area (Å²) in [5.74, 6) is 0.899. The minimum absolute atomic E-state index is 0.255. The molecule has 0 spiro atoms. The average Bonchev–Trinajstić information content (AvgIpc) is 3.07. The maximum Gasteiger partial charge on any atom is 0.508 e. The molecule has 128 valence electrons. The number of carbonyl (C=O) groups is 1. The van der Waals surface area contributed by atoms with Crippen molar-refractivity contribution in [3.63, 3.8) is 0 Å². The molecule has 0 bridgehead atoms. The number of likely N-dealkylation sites (N-methyl/N-ethyl adjacent to an activating group) is 2. The molecule has 2 atom stereocenters. The van der Waals surface area contributed by atoms with E-state index in [1.807, 2.05) is 14.1 Å². The minimum atomic E-state index is -0.630. The summed E-state index contributed by atoms with van der Waals surface area (Å²) in [6.45, 7) is 2.50. The van der Waals surface area contributed by atoms with Gasteiger partial charge in [0.15, 0.2) is 0 Å². The van der Waals surface area contributed by atoms with Crippen LogP contribution in [0, 0.1) is 0 Å². The van der Waals surface area contributed by atoms with E-state index in [2.05, 4.69) is 9.80 Å². The van der Waals surface area contributed by atoms with E-state index in [-0.39, 0.29) is 24.3 Å². The first-order valence-electron chi connectivity index (χ1n) is 7.82. The predicted molar refractivity (Wildman–Crippen MR) is 87.9 cm³/mol. The summed E-state index contributed by atoms with van der Waals surface area (Å²) < 4.78 is 10.7. The molecule has 0 N–H and O–H groups in total. The maximum atomic E-state index is 11.9. The van der Waals surface area contributed by atoms with Gasteiger partial charge in [0.05, 0.1) is 11.1 Å². The molecule has 0 aliphatic carbocycles. The molecule has 0 aromatic heterocycles. The number of carbonyl (C=O) groups excluding carboxylic acids is 1. The summed E-state index contributed by atoms with van der Waals surface area (Å²) in [6, 6.07) is 0. The first kappa shape index (κ1) is 18.1. The number of halogens is 2. The molecule has 0 amide bonds. The molecular weight excluding hydrogens is 327 g/mol. The van der Waals surface area contributed by atoms with Crippen LogP contribution in [0.5, 0.6) is 0 Å². The zero-order valence-corrected chi connectivity index (χ0v) is 15.0. The monoisotopic (exact) mass is 352 g/mol. The Balaban J connectivity index is 1.81. The second-order valence-corrected chi connectivity index (χ2v) is 7.13. The summed E-state index contributed by atoms with van der Waals surface area (Å²) in [4.78, 5) is 16.2. The highest BCUT2D eigenvalue weighted by Gasteiger charge is 2.41. The number of hydrogen-bond acceptors (Lipinski definition) is 5. The molecular formula is C15H26Cl2N2O3. The Morgan fingerprint density at radius 3 is 1.64 bits per heavy atom. The lowest BCUT2D eigenvalue weighted by atomic mass is 10.0. The molecule has 2 fully saturated rings. The largest absolute Gasteiger partial charge is 0.508 e. The quantitative estimate of drug-likeness (QED) is 0.542. The van der Waals surface area contributed by atoms with E-state index >= 15 is 0 Å². The van der Waals surface area contributed by atoms with Crippen LogP contribution in [0.3, 0.4) is 0 Å². The van der Waals surface area contributed by atoms with Crippen LogP contribution in [0.25, 0.3) is 0 Å². The van der Waals surface area contributed by atoms with Gasteiger partial charge in [-0.1, -0.05) is 0 Å². The van der Waals surface area contributed by atoms with E-state index in [9.17, 15) is 4.79 Å². The van der Waals surface area contributed by atoms with Gasteiger partial charge in [0.1, 0.15) is 13.2 Å². The number of nitrogens with zero attached hydrogens (tertiary/aromatic N) is 2. The van der Waals surface area contributed by atoms with Crippen molar-refractivity contribution in [2.45, 2.75) is 36.8 Å². The van der Waals surface area contributed by atoms with Gasteiger partial charge in [0.2, 0.25) is 0 Å². The first-order valence-corrected chi connectivity index (χ1v) is 8.89. The Hall–Kier alpha value is -0.230. The normalized spacial score (nSPS) is 33.3. The van der Waals surface area contributed by atoms with Crippen LogP contribution in [-0.2, 0) is 9.47 Å². The second kappa shape index (κ2) is 7.56. The molecule has 22 heavy (non-hydrogen) atoms. The van der Waals surface area contributed by atoms with Crippen LogP contribution < -0.4 is 0 Å². The fourth-order valence-electron chi connectivity index (χ4n) is 3.35. The number of likely N-dealkylation sites (tertiary alicyclic amines) is 2. The number of ether oxygens (including phenoxy) is 2. The van der Waals surface area contributed by atoms with Crippen LogP contribution >= 0.6 is 23.2 Å². The molecule has 0 aromatic carbocycles. The van der Waals surface area contributed by atoms with Gasteiger partial charge in [-0.2, -0.15) is 0 Å². The third-order valence-electron chi connectivity index (χ3n) is 5.31. The third kappa shape index (κ3) is 3.64. The van der Waals surface area contributed by atoms with E-state index in [0.717, 1.165) is 38.8 Å². The standard InChI is InChI=1S/C15H26Cl2N2O3/c1-18-7-3-5-14(18,9-16)11-21-13(20)22-12-15(10-17)6-4-8-19(15)2/h3-12H2,1-2H3/t14-,15-/m1/s1. The molecule has 0 saturated carbocycles. The molecule has 0 unspecified atom stereocenters. The van der Waals surface area contributed by atoms with Gasteiger partial charge in [-0.05, 0) is 52.9 Å². The Kier molecular flexibility index (Phi) is 6.22. The number of hydrogen-bond donors (Lipinski definition) is 0. The van der Waals surface area contributed by atoms with Crippen molar-refractivity contribution in [3.8, 4) is 0 Å². The van der Waals surface area contributed by atoms with Gasteiger partial charge < -0.3 is 9.47 Å². The molecule has 0 aromatic rings. The highest BCUT2D eigenvalue weighted by atomic mass is 35.5. The summed E-state index contributed by atoms with van der Waals surface area (Å²) >= 11 is 12.2. The highest BCUT2D eigenvalue weighted by Crippen LogP contribution is 2.31. The van der Waals surface area contributed by atoms with Gasteiger partial charge in [0, 0.05) is 11.8 Å². The van der Waals surface area contributed by atoms with Crippen molar-refractivity contribution in [2.75, 3.05) is 52.2 Å². The van der Waals surface area contributed by atoms with Crippen molar-refractivity contribution in [3.05, 3.63) is 0 Å². The summed E-state index contributed by atoms with van der Waals surface area (Å²) in [5.41, 5.74) is -0.510. The van der Waals surface area contributed by atoms with Crippen molar-refractivity contribution >= 4 is 29.4 Å². The Morgan fingerprint density at radius 1 is 0.955 bits per heavy atom. The summed E-state index contributed by atoms with van der Waals surface area (Å²) in [7, 11) is 4.03.